The second-order valence-electron chi connectivity index (χ2n) is 5.96. The first-order valence-corrected chi connectivity index (χ1v) is 7.82. The van der Waals surface area contributed by atoms with Crippen molar-refractivity contribution in [2.45, 2.75) is 0 Å². The van der Waals surface area contributed by atoms with Gasteiger partial charge in [0.25, 0.3) is 0 Å². The molecule has 0 bridgehead atoms. The second kappa shape index (κ2) is 4.80. The van der Waals surface area contributed by atoms with Gasteiger partial charge in [0.1, 0.15) is 5.65 Å². The van der Waals surface area contributed by atoms with Crippen molar-refractivity contribution >= 4 is 50.9 Å². The van der Waals surface area contributed by atoms with Crippen LogP contribution >= 0.6 is 0 Å². The highest BCUT2D eigenvalue weighted by molar-refractivity contribution is 6.59. The Morgan fingerprint density at radius 1 is 0.750 bits per heavy atom. The minimum absolute atomic E-state index is 0.469. The van der Waals surface area contributed by atoms with Crippen LogP contribution in [0.15, 0.2) is 66.7 Å². The SMILES string of the molecule is OB(O)c1ccc2c3ccccc3c3nc4ccccc4n3c2c1. The molecule has 24 heavy (non-hydrogen) atoms. The first-order valence-electron chi connectivity index (χ1n) is 7.82. The van der Waals surface area contributed by atoms with Gasteiger partial charge >= 0.3 is 7.12 Å². The normalized spacial score (nSPS) is 11.8. The van der Waals surface area contributed by atoms with E-state index in [1.165, 1.54) is 0 Å². The summed E-state index contributed by atoms with van der Waals surface area (Å²) in [5.41, 5.74) is 4.20. The molecule has 0 unspecified atom stereocenters. The van der Waals surface area contributed by atoms with Gasteiger partial charge in [-0.1, -0.05) is 48.5 Å². The van der Waals surface area contributed by atoms with E-state index in [1.54, 1.807) is 6.07 Å². The van der Waals surface area contributed by atoms with Crippen LogP contribution in [0.4, 0.5) is 0 Å². The number of para-hydroxylation sites is 2. The summed E-state index contributed by atoms with van der Waals surface area (Å²) in [5, 5.41) is 22.4. The van der Waals surface area contributed by atoms with Gasteiger partial charge in [-0.2, -0.15) is 0 Å². The maximum absolute atomic E-state index is 9.56. The van der Waals surface area contributed by atoms with Crippen molar-refractivity contribution in [2.24, 2.45) is 0 Å². The Hall–Kier alpha value is -2.89. The van der Waals surface area contributed by atoms with Crippen molar-refractivity contribution in [1.82, 2.24) is 9.38 Å². The molecule has 2 N–H and O–H groups in total. The van der Waals surface area contributed by atoms with Crippen LogP contribution in [0.1, 0.15) is 0 Å². The van der Waals surface area contributed by atoms with Gasteiger partial charge in [0, 0.05) is 10.8 Å². The van der Waals surface area contributed by atoms with E-state index in [2.05, 4.69) is 16.5 Å². The number of hydrogen-bond donors (Lipinski definition) is 2. The lowest BCUT2D eigenvalue weighted by molar-refractivity contribution is 0.426. The van der Waals surface area contributed by atoms with E-state index in [1.807, 2.05) is 48.5 Å². The lowest BCUT2D eigenvalue weighted by Crippen LogP contribution is -2.29. The predicted octanol–water partition coefficient (Wildman–Crippen LogP) is 2.47. The summed E-state index contributed by atoms with van der Waals surface area (Å²) in [6.07, 6.45) is 0. The molecular weight excluding hydrogens is 299 g/mol. The van der Waals surface area contributed by atoms with Gasteiger partial charge in [0.05, 0.1) is 16.6 Å². The standard InChI is InChI=1S/C19H13BN2O2/c23-20(24)12-9-10-14-13-5-1-2-6-15(13)19-21-16-7-3-4-8-17(16)22(19)18(14)11-12/h1-11,23-24H. The smallest absolute Gasteiger partial charge is 0.423 e. The summed E-state index contributed by atoms with van der Waals surface area (Å²) >= 11 is 0. The lowest BCUT2D eigenvalue weighted by atomic mass is 9.80. The molecule has 0 aliphatic rings. The minimum atomic E-state index is -1.49. The van der Waals surface area contributed by atoms with E-state index in [4.69, 9.17) is 4.98 Å². The van der Waals surface area contributed by atoms with Gasteiger partial charge in [0.2, 0.25) is 0 Å². The third-order valence-electron chi connectivity index (χ3n) is 4.58. The average molecular weight is 312 g/mol. The van der Waals surface area contributed by atoms with Gasteiger partial charge in [-0.25, -0.2) is 4.98 Å². The summed E-state index contributed by atoms with van der Waals surface area (Å²) in [5.74, 6) is 0. The monoisotopic (exact) mass is 312 g/mol. The van der Waals surface area contributed by atoms with Crippen LogP contribution in [0, 0.1) is 0 Å². The second-order valence-corrected chi connectivity index (χ2v) is 5.96. The molecule has 0 atom stereocenters. The molecule has 5 aromatic rings. The van der Waals surface area contributed by atoms with E-state index in [0.29, 0.717) is 5.46 Å². The molecule has 2 heterocycles. The summed E-state index contributed by atoms with van der Waals surface area (Å²) in [4.78, 5) is 4.81. The molecule has 3 aromatic carbocycles. The van der Waals surface area contributed by atoms with Crippen LogP contribution in [0.25, 0.3) is 38.4 Å². The Kier molecular flexibility index (Phi) is 2.71. The van der Waals surface area contributed by atoms with Crippen molar-refractivity contribution in [2.75, 3.05) is 0 Å². The predicted molar refractivity (Wildman–Crippen MR) is 97.5 cm³/mol. The summed E-state index contributed by atoms with van der Waals surface area (Å²) in [6, 6.07) is 21.7. The third-order valence-corrected chi connectivity index (χ3v) is 4.58. The quantitative estimate of drug-likeness (QED) is 0.369. The van der Waals surface area contributed by atoms with Crippen LogP contribution in [0.5, 0.6) is 0 Å². The molecule has 0 saturated carbocycles. The number of imidazole rings is 1. The first kappa shape index (κ1) is 13.5. The van der Waals surface area contributed by atoms with Gasteiger partial charge in [-0.15, -0.1) is 0 Å². The number of fused-ring (bicyclic) bond motifs is 8. The van der Waals surface area contributed by atoms with Crippen molar-refractivity contribution < 1.29 is 10.0 Å². The zero-order valence-electron chi connectivity index (χ0n) is 12.7. The number of pyridine rings is 1. The summed E-state index contributed by atoms with van der Waals surface area (Å²) < 4.78 is 2.10. The Morgan fingerprint density at radius 3 is 2.33 bits per heavy atom. The molecule has 0 aliphatic carbocycles. The highest BCUT2D eigenvalue weighted by Gasteiger charge is 2.16. The van der Waals surface area contributed by atoms with Gasteiger partial charge in [0.15, 0.2) is 0 Å². The highest BCUT2D eigenvalue weighted by Crippen LogP contribution is 2.31. The number of rotatable bonds is 1. The Labute approximate surface area is 137 Å². The molecule has 0 amide bonds. The zero-order valence-corrected chi connectivity index (χ0v) is 12.7. The summed E-state index contributed by atoms with van der Waals surface area (Å²) in [6.45, 7) is 0. The van der Waals surface area contributed by atoms with E-state index in [-0.39, 0.29) is 0 Å². The van der Waals surface area contributed by atoms with Gasteiger partial charge in [-0.3, -0.25) is 4.40 Å². The van der Waals surface area contributed by atoms with E-state index < -0.39 is 7.12 Å². The molecule has 4 nitrogen and oxygen atoms in total. The van der Waals surface area contributed by atoms with Gasteiger partial charge < -0.3 is 10.0 Å². The molecule has 5 heteroatoms. The van der Waals surface area contributed by atoms with E-state index in [0.717, 1.165) is 38.4 Å². The molecular formula is C19H13BN2O2. The maximum atomic E-state index is 9.56. The molecule has 0 aliphatic heterocycles. The molecule has 5 rings (SSSR count). The molecule has 0 fully saturated rings. The fourth-order valence-electron chi connectivity index (χ4n) is 3.49. The zero-order chi connectivity index (χ0) is 16.3. The van der Waals surface area contributed by atoms with Crippen LogP contribution in [-0.4, -0.2) is 26.6 Å². The minimum Gasteiger partial charge on any atom is -0.423 e. The number of hydrogen-bond acceptors (Lipinski definition) is 3. The molecule has 0 spiro atoms. The number of benzene rings is 3. The van der Waals surface area contributed by atoms with Crippen molar-refractivity contribution in [1.29, 1.82) is 0 Å². The first-order chi connectivity index (χ1) is 11.7. The molecule has 2 aromatic heterocycles. The maximum Gasteiger partial charge on any atom is 0.488 e. The third kappa shape index (κ3) is 1.74. The van der Waals surface area contributed by atoms with Crippen molar-refractivity contribution in [3.05, 3.63) is 66.7 Å². The fraction of sp³-hybridized carbons (Fsp3) is 0. The van der Waals surface area contributed by atoms with Crippen LogP contribution < -0.4 is 5.46 Å². The topological polar surface area (TPSA) is 57.8 Å². The van der Waals surface area contributed by atoms with Crippen LogP contribution in [0.3, 0.4) is 0 Å². The Bertz CT molecular complexity index is 1240. The number of nitrogens with zero attached hydrogens (tertiary/aromatic N) is 2. The van der Waals surface area contributed by atoms with E-state index >= 15 is 0 Å². The molecule has 0 radical (unpaired) electrons. The lowest BCUT2D eigenvalue weighted by Gasteiger charge is -2.10. The Balaban J connectivity index is 2.14. The van der Waals surface area contributed by atoms with Crippen molar-refractivity contribution in [3.8, 4) is 0 Å². The molecule has 0 saturated heterocycles. The fourth-order valence-corrected chi connectivity index (χ4v) is 3.49. The van der Waals surface area contributed by atoms with Crippen molar-refractivity contribution in [3.63, 3.8) is 0 Å². The number of aromatic nitrogens is 2. The van der Waals surface area contributed by atoms with Gasteiger partial charge in [-0.05, 0) is 29.0 Å². The average Bonchev–Trinajstić information content (AvgIpc) is 3.01. The van der Waals surface area contributed by atoms with Crippen LogP contribution in [-0.2, 0) is 0 Å². The van der Waals surface area contributed by atoms with E-state index in [9.17, 15) is 10.0 Å². The summed E-state index contributed by atoms with van der Waals surface area (Å²) in [7, 11) is -1.49. The Morgan fingerprint density at radius 2 is 1.50 bits per heavy atom. The van der Waals surface area contributed by atoms with Crippen LogP contribution in [0.2, 0.25) is 0 Å². The highest BCUT2D eigenvalue weighted by atomic mass is 16.4. The largest absolute Gasteiger partial charge is 0.488 e. The molecule has 114 valence electrons.